The van der Waals surface area contributed by atoms with E-state index < -0.39 is 0 Å². The zero-order valence-corrected chi connectivity index (χ0v) is 15.6. The van der Waals surface area contributed by atoms with Crippen LogP contribution in [0.15, 0.2) is 47.0 Å². The third kappa shape index (κ3) is 4.18. The molecule has 2 heterocycles. The van der Waals surface area contributed by atoms with Gasteiger partial charge in [-0.3, -0.25) is 0 Å². The summed E-state index contributed by atoms with van der Waals surface area (Å²) in [6.07, 6.45) is 0.0925. The van der Waals surface area contributed by atoms with Crippen LogP contribution >= 0.6 is 0 Å². The lowest BCUT2D eigenvalue weighted by molar-refractivity contribution is 0.000197. The van der Waals surface area contributed by atoms with Gasteiger partial charge in [-0.2, -0.15) is 4.98 Å². The van der Waals surface area contributed by atoms with E-state index in [1.54, 1.807) is 0 Å². The summed E-state index contributed by atoms with van der Waals surface area (Å²) in [6, 6.07) is 13.8. The Kier molecular flexibility index (Phi) is 5.18. The van der Waals surface area contributed by atoms with Gasteiger partial charge in [-0.15, -0.1) is 0 Å². The second-order valence-corrected chi connectivity index (χ2v) is 6.75. The van der Waals surface area contributed by atoms with Crippen LogP contribution < -0.4 is 10.1 Å². The molecule has 1 fully saturated rings. The summed E-state index contributed by atoms with van der Waals surface area (Å²) >= 11 is 0. The van der Waals surface area contributed by atoms with E-state index in [0.717, 1.165) is 36.6 Å². The van der Waals surface area contributed by atoms with Crippen LogP contribution in [0.25, 0.3) is 22.8 Å². The Morgan fingerprint density at radius 3 is 2.63 bits per heavy atom. The Morgan fingerprint density at radius 1 is 1.07 bits per heavy atom. The van der Waals surface area contributed by atoms with E-state index in [1.807, 2.05) is 30.3 Å². The molecule has 1 N–H and O–H groups in total. The number of nitrogens with zero attached hydrogens (tertiary/aromatic N) is 2. The summed E-state index contributed by atoms with van der Waals surface area (Å²) in [6.45, 7) is 7.14. The van der Waals surface area contributed by atoms with Crippen molar-refractivity contribution in [2.75, 3.05) is 26.3 Å². The SMILES string of the molecule is Cc1ccc(-c2noc(-c3ccc(OCC4CNCCO4)cc3)n2)cc1C. The highest BCUT2D eigenvalue weighted by Gasteiger charge is 2.14. The van der Waals surface area contributed by atoms with Gasteiger partial charge in [0.2, 0.25) is 5.82 Å². The number of aryl methyl sites for hydroxylation is 2. The monoisotopic (exact) mass is 365 g/mol. The maximum Gasteiger partial charge on any atom is 0.258 e. The first-order chi connectivity index (χ1) is 13.2. The van der Waals surface area contributed by atoms with Crippen molar-refractivity contribution in [2.24, 2.45) is 0 Å². The van der Waals surface area contributed by atoms with Gasteiger partial charge < -0.3 is 19.3 Å². The summed E-state index contributed by atoms with van der Waals surface area (Å²) in [5.41, 5.74) is 4.26. The zero-order chi connectivity index (χ0) is 18.6. The molecule has 0 spiro atoms. The molecule has 6 nitrogen and oxygen atoms in total. The summed E-state index contributed by atoms with van der Waals surface area (Å²) in [5, 5.41) is 7.40. The van der Waals surface area contributed by atoms with E-state index in [2.05, 4.69) is 41.4 Å². The minimum atomic E-state index is 0.0925. The predicted molar refractivity (Wildman–Crippen MR) is 103 cm³/mol. The van der Waals surface area contributed by atoms with Gasteiger partial charge in [0.15, 0.2) is 0 Å². The van der Waals surface area contributed by atoms with E-state index in [4.69, 9.17) is 14.0 Å². The second kappa shape index (κ2) is 7.90. The van der Waals surface area contributed by atoms with E-state index >= 15 is 0 Å². The number of benzene rings is 2. The summed E-state index contributed by atoms with van der Waals surface area (Å²) in [4.78, 5) is 4.52. The molecule has 0 bridgehead atoms. The molecule has 0 saturated carbocycles. The van der Waals surface area contributed by atoms with E-state index in [-0.39, 0.29) is 6.10 Å². The van der Waals surface area contributed by atoms with Crippen molar-refractivity contribution >= 4 is 0 Å². The number of hydrogen-bond acceptors (Lipinski definition) is 6. The lowest BCUT2D eigenvalue weighted by Crippen LogP contribution is -2.41. The first-order valence-electron chi connectivity index (χ1n) is 9.16. The largest absolute Gasteiger partial charge is 0.491 e. The smallest absolute Gasteiger partial charge is 0.258 e. The van der Waals surface area contributed by atoms with Gasteiger partial charge >= 0.3 is 0 Å². The fourth-order valence-corrected chi connectivity index (χ4v) is 2.95. The number of hydrogen-bond donors (Lipinski definition) is 1. The standard InChI is InChI=1S/C21H23N3O3/c1-14-3-4-17(11-15(14)2)20-23-21(27-24-20)16-5-7-18(8-6-16)26-13-19-12-22-9-10-25-19/h3-8,11,19,22H,9-10,12-13H2,1-2H3. The fourth-order valence-electron chi connectivity index (χ4n) is 2.95. The van der Waals surface area contributed by atoms with Gasteiger partial charge in [0.05, 0.1) is 6.61 Å². The molecule has 1 aromatic heterocycles. The van der Waals surface area contributed by atoms with Crippen molar-refractivity contribution < 1.29 is 14.0 Å². The van der Waals surface area contributed by atoms with Crippen LogP contribution in [-0.4, -0.2) is 42.5 Å². The third-order valence-corrected chi connectivity index (χ3v) is 4.73. The Labute approximate surface area is 158 Å². The Morgan fingerprint density at radius 2 is 1.89 bits per heavy atom. The molecule has 1 atom stereocenters. The van der Waals surface area contributed by atoms with Crippen molar-refractivity contribution in [2.45, 2.75) is 20.0 Å². The number of nitrogens with one attached hydrogen (secondary N) is 1. The highest BCUT2D eigenvalue weighted by Crippen LogP contribution is 2.25. The van der Waals surface area contributed by atoms with Gasteiger partial charge in [0.1, 0.15) is 18.5 Å². The topological polar surface area (TPSA) is 69.4 Å². The molecule has 1 aliphatic rings. The maximum absolute atomic E-state index is 5.80. The van der Waals surface area contributed by atoms with E-state index in [1.165, 1.54) is 11.1 Å². The predicted octanol–water partition coefficient (Wildman–Crippen LogP) is 3.39. The fraction of sp³-hybridized carbons (Fsp3) is 0.333. The van der Waals surface area contributed by atoms with Gasteiger partial charge in [0.25, 0.3) is 5.89 Å². The summed E-state index contributed by atoms with van der Waals surface area (Å²) in [7, 11) is 0. The first kappa shape index (κ1) is 17.7. The molecule has 2 aromatic carbocycles. The molecule has 0 radical (unpaired) electrons. The lowest BCUT2D eigenvalue weighted by atomic mass is 10.1. The molecular formula is C21H23N3O3. The van der Waals surface area contributed by atoms with Gasteiger partial charge in [-0.1, -0.05) is 17.3 Å². The van der Waals surface area contributed by atoms with Crippen LogP contribution in [0.5, 0.6) is 5.75 Å². The highest BCUT2D eigenvalue weighted by molar-refractivity contribution is 5.61. The number of ether oxygens (including phenoxy) is 2. The number of aromatic nitrogens is 2. The van der Waals surface area contributed by atoms with Crippen LogP contribution in [0.1, 0.15) is 11.1 Å². The quantitative estimate of drug-likeness (QED) is 0.747. The third-order valence-electron chi connectivity index (χ3n) is 4.73. The molecule has 1 unspecified atom stereocenters. The molecular weight excluding hydrogens is 342 g/mol. The van der Waals surface area contributed by atoms with Crippen molar-refractivity contribution in [3.8, 4) is 28.6 Å². The maximum atomic E-state index is 5.80. The minimum Gasteiger partial charge on any atom is -0.491 e. The second-order valence-electron chi connectivity index (χ2n) is 6.75. The summed E-state index contributed by atoms with van der Waals surface area (Å²) in [5.74, 6) is 1.88. The molecule has 4 rings (SSSR count). The van der Waals surface area contributed by atoms with Crippen LogP contribution in [0.2, 0.25) is 0 Å². The summed E-state index contributed by atoms with van der Waals surface area (Å²) < 4.78 is 16.9. The van der Waals surface area contributed by atoms with Crippen LogP contribution in [0.3, 0.4) is 0 Å². The first-order valence-corrected chi connectivity index (χ1v) is 9.16. The number of morpholine rings is 1. The van der Waals surface area contributed by atoms with Crippen molar-refractivity contribution in [1.29, 1.82) is 0 Å². The van der Waals surface area contributed by atoms with E-state index in [9.17, 15) is 0 Å². The van der Waals surface area contributed by atoms with Gasteiger partial charge in [-0.05, 0) is 55.3 Å². The normalized spacial score (nSPS) is 17.0. The number of rotatable bonds is 5. The van der Waals surface area contributed by atoms with Crippen molar-refractivity contribution in [3.05, 3.63) is 53.6 Å². The molecule has 0 amide bonds. The van der Waals surface area contributed by atoms with Crippen LogP contribution in [0.4, 0.5) is 0 Å². The average Bonchev–Trinajstić information content (AvgIpc) is 3.20. The molecule has 1 aliphatic heterocycles. The van der Waals surface area contributed by atoms with E-state index in [0.29, 0.717) is 18.3 Å². The molecule has 140 valence electrons. The molecule has 6 heteroatoms. The zero-order valence-electron chi connectivity index (χ0n) is 15.6. The van der Waals surface area contributed by atoms with Crippen molar-refractivity contribution in [1.82, 2.24) is 15.5 Å². The lowest BCUT2D eigenvalue weighted by Gasteiger charge is -2.23. The van der Waals surface area contributed by atoms with Gasteiger partial charge in [-0.25, -0.2) is 0 Å². The minimum absolute atomic E-state index is 0.0925. The molecule has 1 saturated heterocycles. The molecule has 0 aliphatic carbocycles. The molecule has 27 heavy (non-hydrogen) atoms. The van der Waals surface area contributed by atoms with Crippen LogP contribution in [-0.2, 0) is 4.74 Å². The Hall–Kier alpha value is -2.70. The Bertz CT molecular complexity index is 899. The molecule has 3 aromatic rings. The van der Waals surface area contributed by atoms with Crippen molar-refractivity contribution in [3.63, 3.8) is 0 Å². The average molecular weight is 365 g/mol. The van der Waals surface area contributed by atoms with Gasteiger partial charge in [0, 0.05) is 24.2 Å². The highest BCUT2D eigenvalue weighted by atomic mass is 16.5. The van der Waals surface area contributed by atoms with Crippen LogP contribution in [0, 0.1) is 13.8 Å². The Balaban J connectivity index is 1.43.